The van der Waals surface area contributed by atoms with E-state index in [1.54, 1.807) is 5.38 Å². The molecule has 92 valence electrons. The summed E-state index contributed by atoms with van der Waals surface area (Å²) in [5, 5.41) is 7.66. The molecular weight excluding hydrogens is 371 g/mol. The van der Waals surface area contributed by atoms with Crippen molar-refractivity contribution in [3.63, 3.8) is 0 Å². The Labute approximate surface area is 121 Å². The summed E-state index contributed by atoms with van der Waals surface area (Å²) in [5.41, 5.74) is 0.132. The second-order valence-corrected chi connectivity index (χ2v) is 6.51. The average molecular weight is 382 g/mol. The summed E-state index contributed by atoms with van der Waals surface area (Å²) in [6, 6.07) is 0. The molecule has 0 saturated carbocycles. The molecule has 0 spiro atoms. The molecule has 7 heteroatoms. The van der Waals surface area contributed by atoms with Crippen LogP contribution in [0.2, 0.25) is 0 Å². The van der Waals surface area contributed by atoms with Gasteiger partial charge in [-0.3, -0.25) is 5.32 Å². The molecule has 1 aromatic heterocycles. The number of nitrogens with zero attached hydrogens (tertiary/aromatic N) is 1. The van der Waals surface area contributed by atoms with E-state index < -0.39 is 11.7 Å². The van der Waals surface area contributed by atoms with Gasteiger partial charge in [-0.25, -0.2) is 9.78 Å². The summed E-state index contributed by atoms with van der Waals surface area (Å²) in [6.45, 7) is 5.43. The maximum atomic E-state index is 11.4. The summed E-state index contributed by atoms with van der Waals surface area (Å²) < 4.78 is 5.11. The van der Waals surface area contributed by atoms with E-state index in [2.05, 4.69) is 42.7 Å². The molecule has 0 aliphatic heterocycles. The molecule has 0 radical (unpaired) electrons. The Morgan fingerprint density at radius 3 is 2.94 bits per heavy atom. The van der Waals surface area contributed by atoms with Crippen molar-refractivity contribution in [1.29, 1.82) is 0 Å². The highest BCUT2D eigenvalue weighted by atomic mass is 127. The number of ether oxygens (including phenoxy) is 1. The Morgan fingerprint density at radius 2 is 2.35 bits per heavy atom. The normalized spacial score (nSPS) is 10.4. The third-order valence-electron chi connectivity index (χ3n) is 1.33. The van der Waals surface area contributed by atoms with Crippen molar-refractivity contribution in [2.75, 3.05) is 5.32 Å². The van der Waals surface area contributed by atoms with Gasteiger partial charge in [-0.1, -0.05) is 0 Å². The van der Waals surface area contributed by atoms with E-state index in [0.29, 0.717) is 10.8 Å². The highest BCUT2D eigenvalue weighted by Crippen LogP contribution is 2.17. The zero-order valence-electron chi connectivity index (χ0n) is 9.54. The fourth-order valence-corrected chi connectivity index (χ4v) is 1.95. The van der Waals surface area contributed by atoms with Crippen LogP contribution < -0.4 is 5.32 Å². The quantitative estimate of drug-likeness (QED) is 0.592. The molecule has 0 aromatic carbocycles. The van der Waals surface area contributed by atoms with Gasteiger partial charge in [-0.05, 0) is 40.9 Å². The summed E-state index contributed by atoms with van der Waals surface area (Å²) >= 11 is 3.40. The predicted octanol–water partition coefficient (Wildman–Crippen LogP) is 3.88. The molecule has 1 heterocycles. The molecule has 0 bridgehead atoms. The molecule has 1 amide bonds. The number of thiazole rings is 1. The van der Waals surface area contributed by atoms with Crippen molar-refractivity contribution in [2.45, 2.75) is 26.4 Å². The fraction of sp³-hybridized carbons (Fsp3) is 0.400. The van der Waals surface area contributed by atoms with E-state index in [4.69, 9.17) is 4.74 Å². The van der Waals surface area contributed by atoms with Crippen molar-refractivity contribution >= 4 is 52.7 Å². The Hall–Kier alpha value is -0.460. The van der Waals surface area contributed by atoms with Crippen molar-refractivity contribution in [1.82, 2.24) is 4.98 Å². The highest BCUT2D eigenvalue weighted by molar-refractivity contribution is 14.2. The van der Waals surface area contributed by atoms with Gasteiger partial charge in [0.1, 0.15) is 11.3 Å². The Balaban J connectivity index is 2.58. The number of halogens is 1. The second kappa shape index (κ2) is 6.47. The van der Waals surface area contributed by atoms with Gasteiger partial charge in [-0.2, -0.15) is 0 Å². The maximum absolute atomic E-state index is 11.4. The van der Waals surface area contributed by atoms with Gasteiger partial charge in [-0.15, -0.1) is 11.3 Å². The molecule has 0 unspecified atom stereocenters. The van der Waals surface area contributed by atoms with Crippen LogP contribution in [0.3, 0.4) is 0 Å². The topological polar surface area (TPSA) is 51.2 Å². The first-order chi connectivity index (χ1) is 7.90. The standard InChI is InChI=1S/C10H11IN2O2S2/c1-10(2,3)15-9(14)13-8-12-7(6-16-8)4-5-17-11/h6H,1-3H3,(H,12,13,14). The van der Waals surface area contributed by atoms with Crippen LogP contribution in [0.1, 0.15) is 26.5 Å². The maximum Gasteiger partial charge on any atom is 0.413 e. The van der Waals surface area contributed by atoms with Crippen LogP contribution in [0, 0.1) is 11.2 Å². The molecule has 1 aromatic rings. The van der Waals surface area contributed by atoms with Crippen molar-refractivity contribution < 1.29 is 9.53 Å². The van der Waals surface area contributed by atoms with Crippen LogP contribution in [0.5, 0.6) is 0 Å². The molecule has 1 N–H and O–H groups in total. The van der Waals surface area contributed by atoms with Crippen LogP contribution in [0.25, 0.3) is 0 Å². The SMILES string of the molecule is CC(C)(C)OC(=O)Nc1nc(C#CSI)cs1. The monoisotopic (exact) mass is 382 g/mol. The number of hydrogen-bond donors (Lipinski definition) is 1. The minimum absolute atomic E-state index is 0.488. The van der Waals surface area contributed by atoms with Crippen LogP contribution in [0.4, 0.5) is 9.93 Å². The van der Waals surface area contributed by atoms with E-state index in [1.165, 1.54) is 20.3 Å². The summed E-state index contributed by atoms with van der Waals surface area (Å²) in [7, 11) is 1.39. The molecule has 0 aliphatic carbocycles. The lowest BCUT2D eigenvalue weighted by Crippen LogP contribution is -2.27. The van der Waals surface area contributed by atoms with Gasteiger partial charge in [0.15, 0.2) is 5.13 Å². The largest absolute Gasteiger partial charge is 0.444 e. The van der Waals surface area contributed by atoms with E-state index in [-0.39, 0.29) is 0 Å². The number of rotatable bonds is 1. The summed E-state index contributed by atoms with van der Waals surface area (Å²) in [5.74, 6) is 2.85. The molecule has 0 atom stereocenters. The lowest BCUT2D eigenvalue weighted by atomic mass is 10.2. The smallest absolute Gasteiger partial charge is 0.413 e. The van der Waals surface area contributed by atoms with Crippen molar-refractivity contribution in [2.24, 2.45) is 0 Å². The predicted molar refractivity (Wildman–Crippen MR) is 80.5 cm³/mol. The van der Waals surface area contributed by atoms with E-state index in [0.717, 1.165) is 0 Å². The minimum Gasteiger partial charge on any atom is -0.444 e. The average Bonchev–Trinajstić information content (AvgIpc) is 2.59. The van der Waals surface area contributed by atoms with E-state index in [9.17, 15) is 4.79 Å². The molecule has 17 heavy (non-hydrogen) atoms. The molecule has 0 saturated heterocycles. The number of nitrogens with one attached hydrogen (secondary N) is 1. The van der Waals surface area contributed by atoms with E-state index >= 15 is 0 Å². The van der Waals surface area contributed by atoms with Crippen LogP contribution >= 0.6 is 41.5 Å². The summed E-state index contributed by atoms with van der Waals surface area (Å²) in [4.78, 5) is 15.6. The van der Waals surface area contributed by atoms with Gasteiger partial charge < -0.3 is 4.74 Å². The lowest BCUT2D eigenvalue weighted by molar-refractivity contribution is 0.0636. The van der Waals surface area contributed by atoms with Crippen molar-refractivity contribution in [3.05, 3.63) is 11.1 Å². The Bertz CT molecular complexity index is 457. The van der Waals surface area contributed by atoms with Gasteiger partial charge in [0, 0.05) is 26.6 Å². The molecule has 0 fully saturated rings. The lowest BCUT2D eigenvalue weighted by Gasteiger charge is -2.18. The third-order valence-corrected chi connectivity index (χ3v) is 2.93. The van der Waals surface area contributed by atoms with Crippen molar-refractivity contribution in [3.8, 4) is 11.2 Å². The number of aromatic nitrogens is 1. The molecule has 1 rings (SSSR count). The van der Waals surface area contributed by atoms with Gasteiger partial charge in [0.05, 0.1) is 0 Å². The molecule has 0 aliphatic rings. The number of amides is 1. The number of hydrogen-bond acceptors (Lipinski definition) is 5. The minimum atomic E-state index is -0.512. The second-order valence-electron chi connectivity index (χ2n) is 3.97. The number of anilines is 1. The number of carbonyl (C=O) groups excluding carboxylic acids is 1. The highest BCUT2D eigenvalue weighted by Gasteiger charge is 2.16. The fourth-order valence-electron chi connectivity index (χ4n) is 0.851. The molecule has 4 nitrogen and oxygen atoms in total. The van der Waals surface area contributed by atoms with Gasteiger partial charge >= 0.3 is 6.09 Å². The first-order valence-electron chi connectivity index (χ1n) is 4.65. The zero-order valence-corrected chi connectivity index (χ0v) is 13.3. The van der Waals surface area contributed by atoms with Gasteiger partial charge in [0.2, 0.25) is 0 Å². The number of carbonyl (C=O) groups is 1. The first kappa shape index (κ1) is 14.6. The molecular formula is C10H11IN2O2S2. The van der Waals surface area contributed by atoms with E-state index in [1.807, 2.05) is 20.8 Å². The zero-order chi connectivity index (χ0) is 12.9. The van der Waals surface area contributed by atoms with Crippen LogP contribution in [0.15, 0.2) is 5.38 Å². The first-order valence-corrected chi connectivity index (χ1v) is 8.89. The Morgan fingerprint density at radius 1 is 1.65 bits per heavy atom. The van der Waals surface area contributed by atoms with Crippen LogP contribution in [-0.4, -0.2) is 16.7 Å². The van der Waals surface area contributed by atoms with Gasteiger partial charge in [0.25, 0.3) is 0 Å². The van der Waals surface area contributed by atoms with Crippen LogP contribution in [-0.2, 0) is 4.74 Å². The summed E-state index contributed by atoms with van der Waals surface area (Å²) in [6.07, 6.45) is -0.505. The third kappa shape index (κ3) is 6.14. The Kier molecular flexibility index (Phi) is 5.55.